The topological polar surface area (TPSA) is 61.8 Å². The first kappa shape index (κ1) is 16.3. The zero-order valence-corrected chi connectivity index (χ0v) is 12.4. The molecule has 5 heteroatoms. The van der Waals surface area contributed by atoms with E-state index in [0.717, 1.165) is 30.8 Å². The van der Waals surface area contributed by atoms with Crippen LogP contribution in [0.3, 0.4) is 0 Å². The number of carboxylic acid groups (broad SMARTS) is 1. The van der Waals surface area contributed by atoms with E-state index in [-0.39, 0.29) is 6.04 Å². The van der Waals surface area contributed by atoms with Crippen LogP contribution in [-0.2, 0) is 0 Å². The average Bonchev–Trinajstić information content (AvgIpc) is 2.46. The Labute approximate surface area is 120 Å². The predicted octanol–water partition coefficient (Wildman–Crippen LogP) is 2.74. The molecule has 0 heterocycles. The van der Waals surface area contributed by atoms with Crippen LogP contribution in [0.2, 0.25) is 0 Å². The number of hydrogen-bond acceptors (Lipinski definition) is 3. The van der Waals surface area contributed by atoms with Crippen molar-refractivity contribution in [2.24, 2.45) is 0 Å². The second-order valence-electron chi connectivity index (χ2n) is 4.63. The van der Waals surface area contributed by atoms with Crippen molar-refractivity contribution in [3.8, 4) is 5.75 Å². The lowest BCUT2D eigenvalue weighted by Crippen LogP contribution is -2.31. The Kier molecular flexibility index (Phi) is 6.87. The third kappa shape index (κ3) is 4.74. The number of amides is 1. The first-order valence-electron chi connectivity index (χ1n) is 6.93. The molecule has 0 radical (unpaired) electrons. The Balaban J connectivity index is 2.61. The van der Waals surface area contributed by atoms with Gasteiger partial charge in [-0.15, -0.1) is 0 Å². The zero-order chi connectivity index (χ0) is 15.0. The van der Waals surface area contributed by atoms with Crippen LogP contribution < -0.4 is 10.1 Å². The van der Waals surface area contributed by atoms with Gasteiger partial charge in [0.1, 0.15) is 5.75 Å². The Hall–Kier alpha value is -1.75. The van der Waals surface area contributed by atoms with Gasteiger partial charge in [-0.05, 0) is 26.0 Å². The van der Waals surface area contributed by atoms with E-state index in [4.69, 9.17) is 9.84 Å². The molecule has 0 saturated carbocycles. The van der Waals surface area contributed by atoms with Gasteiger partial charge >= 0.3 is 6.09 Å². The van der Waals surface area contributed by atoms with E-state index < -0.39 is 6.09 Å². The molecule has 0 aliphatic rings. The van der Waals surface area contributed by atoms with Crippen LogP contribution in [0.25, 0.3) is 0 Å². The second-order valence-corrected chi connectivity index (χ2v) is 4.63. The highest BCUT2D eigenvalue weighted by Crippen LogP contribution is 2.28. The summed E-state index contributed by atoms with van der Waals surface area (Å²) in [6, 6.07) is 8.24. The summed E-state index contributed by atoms with van der Waals surface area (Å²) < 4.78 is 5.40. The summed E-state index contributed by atoms with van der Waals surface area (Å²) in [4.78, 5) is 12.7. The molecule has 5 nitrogen and oxygen atoms in total. The minimum absolute atomic E-state index is 0.237. The normalized spacial score (nSPS) is 12.2. The molecule has 0 aromatic heterocycles. The molecule has 0 aliphatic carbocycles. The molecule has 0 fully saturated rings. The molecule has 0 bridgehead atoms. The van der Waals surface area contributed by atoms with Crippen molar-refractivity contribution in [3.05, 3.63) is 29.8 Å². The van der Waals surface area contributed by atoms with Crippen LogP contribution in [0.5, 0.6) is 5.75 Å². The van der Waals surface area contributed by atoms with Gasteiger partial charge in [0.05, 0.1) is 7.11 Å². The summed E-state index contributed by atoms with van der Waals surface area (Å²) in [6.07, 6.45) is -0.176. The molecule has 0 spiro atoms. The van der Waals surface area contributed by atoms with Crippen molar-refractivity contribution in [2.75, 3.05) is 26.7 Å². The van der Waals surface area contributed by atoms with Crippen molar-refractivity contribution in [3.63, 3.8) is 0 Å². The molecule has 0 aliphatic heterocycles. The van der Waals surface area contributed by atoms with Crippen LogP contribution in [0.4, 0.5) is 4.79 Å². The van der Waals surface area contributed by atoms with Gasteiger partial charge in [0, 0.05) is 24.7 Å². The van der Waals surface area contributed by atoms with E-state index in [1.165, 1.54) is 0 Å². The lowest BCUT2D eigenvalue weighted by Gasteiger charge is -2.29. The zero-order valence-electron chi connectivity index (χ0n) is 12.4. The lowest BCUT2D eigenvalue weighted by atomic mass is 10.1. The third-order valence-electron chi connectivity index (χ3n) is 3.44. The van der Waals surface area contributed by atoms with Crippen LogP contribution in [0.15, 0.2) is 24.3 Å². The molecule has 1 rings (SSSR count). The van der Waals surface area contributed by atoms with Crippen LogP contribution in [0.1, 0.15) is 31.9 Å². The van der Waals surface area contributed by atoms with Crippen molar-refractivity contribution >= 4 is 6.09 Å². The highest BCUT2D eigenvalue weighted by atomic mass is 16.5. The molecule has 1 amide bonds. The number of para-hydroxylation sites is 1. The van der Waals surface area contributed by atoms with Crippen LogP contribution in [-0.4, -0.2) is 42.8 Å². The van der Waals surface area contributed by atoms with E-state index in [0.29, 0.717) is 6.54 Å². The minimum Gasteiger partial charge on any atom is -0.496 e. The molecular weight excluding hydrogens is 256 g/mol. The van der Waals surface area contributed by atoms with Gasteiger partial charge in [-0.3, -0.25) is 4.90 Å². The van der Waals surface area contributed by atoms with E-state index in [9.17, 15) is 4.79 Å². The Bertz CT molecular complexity index is 423. The van der Waals surface area contributed by atoms with E-state index in [2.05, 4.69) is 30.1 Å². The first-order chi connectivity index (χ1) is 9.60. The molecule has 1 aromatic carbocycles. The van der Waals surface area contributed by atoms with Gasteiger partial charge in [-0.2, -0.15) is 0 Å². The van der Waals surface area contributed by atoms with Gasteiger partial charge in [-0.25, -0.2) is 4.79 Å². The van der Waals surface area contributed by atoms with Gasteiger partial charge < -0.3 is 15.2 Å². The monoisotopic (exact) mass is 280 g/mol. The minimum atomic E-state index is -0.967. The number of methoxy groups -OCH3 is 1. The summed E-state index contributed by atoms with van der Waals surface area (Å²) >= 11 is 0. The van der Waals surface area contributed by atoms with Gasteiger partial charge in [0.25, 0.3) is 0 Å². The third-order valence-corrected chi connectivity index (χ3v) is 3.44. The van der Waals surface area contributed by atoms with E-state index >= 15 is 0 Å². The lowest BCUT2D eigenvalue weighted by molar-refractivity contribution is 0.190. The summed E-state index contributed by atoms with van der Waals surface area (Å²) in [5.74, 6) is 0.891. The summed E-state index contributed by atoms with van der Waals surface area (Å²) in [5, 5.41) is 10.9. The maximum atomic E-state index is 10.4. The maximum Gasteiger partial charge on any atom is 0.404 e. The van der Waals surface area contributed by atoms with Gasteiger partial charge in [0.2, 0.25) is 0 Å². The van der Waals surface area contributed by atoms with Crippen LogP contribution in [0, 0.1) is 0 Å². The number of ether oxygens (including phenoxy) is 1. The molecule has 20 heavy (non-hydrogen) atoms. The van der Waals surface area contributed by atoms with E-state index in [1.807, 2.05) is 18.2 Å². The highest BCUT2D eigenvalue weighted by Gasteiger charge is 2.17. The summed E-state index contributed by atoms with van der Waals surface area (Å²) in [5.41, 5.74) is 1.16. The molecule has 0 unspecified atom stereocenters. The highest BCUT2D eigenvalue weighted by molar-refractivity contribution is 5.64. The number of nitrogens with one attached hydrogen (secondary N) is 1. The number of hydrogen-bond donors (Lipinski definition) is 2. The number of rotatable bonds is 8. The Morgan fingerprint density at radius 1 is 1.45 bits per heavy atom. The van der Waals surface area contributed by atoms with Crippen LogP contribution >= 0.6 is 0 Å². The summed E-state index contributed by atoms with van der Waals surface area (Å²) in [7, 11) is 1.68. The largest absolute Gasteiger partial charge is 0.496 e. The molecule has 112 valence electrons. The van der Waals surface area contributed by atoms with Crippen molar-refractivity contribution in [1.29, 1.82) is 0 Å². The Morgan fingerprint density at radius 2 is 2.15 bits per heavy atom. The second kappa shape index (κ2) is 8.43. The smallest absolute Gasteiger partial charge is 0.404 e. The fraction of sp³-hybridized carbons (Fsp3) is 0.533. The molecule has 0 saturated heterocycles. The maximum absolute atomic E-state index is 10.4. The number of nitrogens with zero attached hydrogens (tertiary/aromatic N) is 1. The summed E-state index contributed by atoms with van der Waals surface area (Å²) in [6.45, 7) is 6.48. The number of benzene rings is 1. The molecular formula is C15H24N2O3. The molecule has 2 N–H and O–H groups in total. The fourth-order valence-corrected chi connectivity index (χ4v) is 2.31. The van der Waals surface area contributed by atoms with Gasteiger partial charge in [0.15, 0.2) is 0 Å². The number of carbonyl (C=O) groups is 1. The van der Waals surface area contributed by atoms with Crippen molar-refractivity contribution in [1.82, 2.24) is 10.2 Å². The first-order valence-corrected chi connectivity index (χ1v) is 6.93. The average molecular weight is 280 g/mol. The fourth-order valence-electron chi connectivity index (χ4n) is 2.31. The molecule has 1 aromatic rings. The standard InChI is InChI=1S/C15H24N2O3/c1-4-17(11-7-10-16-15(18)19)12(2)13-8-5-6-9-14(13)20-3/h5-6,8-9,12,16H,4,7,10-11H2,1-3H3,(H,18,19)/t12-/m0/s1. The predicted molar refractivity (Wildman–Crippen MR) is 79.3 cm³/mol. The van der Waals surface area contributed by atoms with Gasteiger partial charge in [-0.1, -0.05) is 25.1 Å². The SMILES string of the molecule is CCN(CCCNC(=O)O)[C@@H](C)c1ccccc1OC. The van der Waals surface area contributed by atoms with Crippen molar-refractivity contribution in [2.45, 2.75) is 26.3 Å². The molecule has 1 atom stereocenters. The quantitative estimate of drug-likeness (QED) is 0.719. The Morgan fingerprint density at radius 3 is 2.75 bits per heavy atom. The van der Waals surface area contributed by atoms with E-state index in [1.54, 1.807) is 7.11 Å². The van der Waals surface area contributed by atoms with Crippen molar-refractivity contribution < 1.29 is 14.6 Å².